The van der Waals surface area contributed by atoms with Gasteiger partial charge in [-0.25, -0.2) is 0 Å². The summed E-state index contributed by atoms with van der Waals surface area (Å²) in [4.78, 5) is 0. The average molecular weight is 196 g/mol. The molecular weight excluding hydrogens is 180 g/mol. The van der Waals surface area contributed by atoms with E-state index in [1.165, 1.54) is 0 Å². The molecule has 0 unspecified atom stereocenters. The highest BCUT2D eigenvalue weighted by molar-refractivity contribution is 5.45. The summed E-state index contributed by atoms with van der Waals surface area (Å²) in [6.07, 6.45) is 0.160. The fraction of sp³-hybridized carbons (Fsp3) is 0.455. The maximum Gasteiger partial charge on any atom is 0.164 e. The van der Waals surface area contributed by atoms with E-state index in [2.05, 4.69) is 0 Å². The third kappa shape index (κ3) is 2.55. The summed E-state index contributed by atoms with van der Waals surface area (Å²) in [5.41, 5.74) is 0. The van der Waals surface area contributed by atoms with Crippen LogP contribution in [0.5, 0.6) is 17.2 Å². The van der Waals surface area contributed by atoms with Crippen LogP contribution in [0.3, 0.4) is 0 Å². The number of rotatable bonds is 4. The van der Waals surface area contributed by atoms with Gasteiger partial charge in [0.05, 0.1) is 20.3 Å². The van der Waals surface area contributed by atoms with E-state index in [1.807, 2.05) is 32.0 Å². The molecule has 1 rings (SSSR count). The topological polar surface area (TPSA) is 27.7 Å². The molecule has 0 spiro atoms. The lowest BCUT2D eigenvalue weighted by Crippen LogP contribution is -2.05. The average Bonchev–Trinajstić information content (AvgIpc) is 2.16. The van der Waals surface area contributed by atoms with E-state index in [0.29, 0.717) is 11.5 Å². The molecule has 78 valence electrons. The maximum absolute atomic E-state index is 5.52. The molecule has 0 aliphatic rings. The Kier molecular flexibility index (Phi) is 3.63. The molecule has 1 aromatic rings. The molecule has 0 aromatic heterocycles. The van der Waals surface area contributed by atoms with Gasteiger partial charge in [0.25, 0.3) is 0 Å². The molecule has 0 fully saturated rings. The smallest absolute Gasteiger partial charge is 0.164 e. The van der Waals surface area contributed by atoms with Crippen molar-refractivity contribution in [1.29, 1.82) is 0 Å². The summed E-state index contributed by atoms with van der Waals surface area (Å²) >= 11 is 0. The van der Waals surface area contributed by atoms with Gasteiger partial charge in [-0.15, -0.1) is 0 Å². The van der Waals surface area contributed by atoms with Crippen molar-refractivity contribution in [3.63, 3.8) is 0 Å². The Morgan fingerprint density at radius 2 is 1.64 bits per heavy atom. The van der Waals surface area contributed by atoms with Crippen LogP contribution in [0.4, 0.5) is 0 Å². The van der Waals surface area contributed by atoms with E-state index in [1.54, 1.807) is 14.2 Å². The highest BCUT2D eigenvalue weighted by Crippen LogP contribution is 2.31. The minimum Gasteiger partial charge on any atom is -0.493 e. The summed E-state index contributed by atoms with van der Waals surface area (Å²) in [6.45, 7) is 3.97. The van der Waals surface area contributed by atoms with Gasteiger partial charge < -0.3 is 14.2 Å². The fourth-order valence-corrected chi connectivity index (χ4v) is 1.16. The maximum atomic E-state index is 5.52. The zero-order valence-electron chi connectivity index (χ0n) is 9.03. The summed E-state index contributed by atoms with van der Waals surface area (Å²) in [6, 6.07) is 5.51. The standard InChI is InChI=1S/C11H16O3/c1-8(2)14-9-5-6-10(12-3)11(7-9)13-4/h5-8H,1-4H3. The molecule has 0 amide bonds. The third-order valence-electron chi connectivity index (χ3n) is 1.73. The van der Waals surface area contributed by atoms with E-state index in [0.717, 1.165) is 5.75 Å². The predicted octanol–water partition coefficient (Wildman–Crippen LogP) is 2.49. The molecule has 0 bridgehead atoms. The van der Waals surface area contributed by atoms with Crippen LogP contribution in [-0.4, -0.2) is 20.3 Å². The lowest BCUT2D eigenvalue weighted by atomic mass is 10.3. The first kappa shape index (κ1) is 10.7. The predicted molar refractivity (Wildman–Crippen MR) is 55.3 cm³/mol. The van der Waals surface area contributed by atoms with Gasteiger partial charge in [0.15, 0.2) is 11.5 Å². The monoisotopic (exact) mass is 196 g/mol. The number of hydrogen-bond acceptors (Lipinski definition) is 3. The zero-order chi connectivity index (χ0) is 10.6. The molecule has 0 aliphatic heterocycles. The summed E-state index contributed by atoms with van der Waals surface area (Å²) in [5.74, 6) is 2.19. The van der Waals surface area contributed by atoms with Crippen molar-refractivity contribution < 1.29 is 14.2 Å². The largest absolute Gasteiger partial charge is 0.493 e. The van der Waals surface area contributed by atoms with Gasteiger partial charge in [-0.1, -0.05) is 0 Å². The van der Waals surface area contributed by atoms with Crippen molar-refractivity contribution in [2.24, 2.45) is 0 Å². The van der Waals surface area contributed by atoms with Crippen LogP contribution in [0.2, 0.25) is 0 Å². The van der Waals surface area contributed by atoms with Gasteiger partial charge in [0, 0.05) is 6.07 Å². The van der Waals surface area contributed by atoms with Crippen molar-refractivity contribution in [3.05, 3.63) is 18.2 Å². The molecular formula is C11H16O3. The van der Waals surface area contributed by atoms with E-state index in [4.69, 9.17) is 14.2 Å². The van der Waals surface area contributed by atoms with Crippen LogP contribution >= 0.6 is 0 Å². The second-order valence-electron chi connectivity index (χ2n) is 3.18. The first-order chi connectivity index (χ1) is 6.67. The molecule has 3 nitrogen and oxygen atoms in total. The quantitative estimate of drug-likeness (QED) is 0.740. The first-order valence-electron chi connectivity index (χ1n) is 4.56. The Balaban J connectivity index is 2.89. The Bertz CT molecular complexity index is 295. The molecule has 0 saturated carbocycles. The van der Waals surface area contributed by atoms with E-state index >= 15 is 0 Å². The SMILES string of the molecule is COc1ccc(OC(C)C)cc1OC. The van der Waals surface area contributed by atoms with Gasteiger partial charge in [-0.3, -0.25) is 0 Å². The first-order valence-corrected chi connectivity index (χ1v) is 4.56. The molecule has 14 heavy (non-hydrogen) atoms. The minimum absolute atomic E-state index is 0.160. The zero-order valence-corrected chi connectivity index (χ0v) is 9.03. The summed E-state index contributed by atoms with van der Waals surface area (Å²) < 4.78 is 15.8. The normalized spacial score (nSPS) is 10.1. The van der Waals surface area contributed by atoms with Gasteiger partial charge in [-0.2, -0.15) is 0 Å². The highest BCUT2D eigenvalue weighted by atomic mass is 16.5. The fourth-order valence-electron chi connectivity index (χ4n) is 1.16. The van der Waals surface area contributed by atoms with Crippen molar-refractivity contribution in [2.75, 3.05) is 14.2 Å². The van der Waals surface area contributed by atoms with Crippen LogP contribution in [-0.2, 0) is 0 Å². The molecule has 0 saturated heterocycles. The Labute approximate surface area is 84.6 Å². The van der Waals surface area contributed by atoms with Gasteiger partial charge in [0.2, 0.25) is 0 Å². The minimum atomic E-state index is 0.160. The Morgan fingerprint density at radius 1 is 1.00 bits per heavy atom. The lowest BCUT2D eigenvalue weighted by Gasteiger charge is -2.12. The van der Waals surface area contributed by atoms with Crippen LogP contribution in [0.15, 0.2) is 18.2 Å². The molecule has 0 radical (unpaired) electrons. The number of ether oxygens (including phenoxy) is 3. The van der Waals surface area contributed by atoms with Crippen LogP contribution in [0.25, 0.3) is 0 Å². The van der Waals surface area contributed by atoms with Crippen molar-refractivity contribution in [2.45, 2.75) is 20.0 Å². The second-order valence-corrected chi connectivity index (χ2v) is 3.18. The number of hydrogen-bond donors (Lipinski definition) is 0. The van der Waals surface area contributed by atoms with Gasteiger partial charge in [-0.05, 0) is 26.0 Å². The van der Waals surface area contributed by atoms with E-state index < -0.39 is 0 Å². The van der Waals surface area contributed by atoms with E-state index in [-0.39, 0.29) is 6.10 Å². The van der Waals surface area contributed by atoms with Crippen molar-refractivity contribution in [3.8, 4) is 17.2 Å². The van der Waals surface area contributed by atoms with E-state index in [9.17, 15) is 0 Å². The van der Waals surface area contributed by atoms with Gasteiger partial charge in [0.1, 0.15) is 5.75 Å². The Morgan fingerprint density at radius 3 is 2.14 bits per heavy atom. The summed E-state index contributed by atoms with van der Waals surface area (Å²) in [7, 11) is 3.22. The molecule has 0 atom stereocenters. The molecule has 0 N–H and O–H groups in total. The summed E-state index contributed by atoms with van der Waals surface area (Å²) in [5, 5.41) is 0. The van der Waals surface area contributed by atoms with Crippen LogP contribution in [0, 0.1) is 0 Å². The Hall–Kier alpha value is -1.38. The van der Waals surface area contributed by atoms with Crippen molar-refractivity contribution in [1.82, 2.24) is 0 Å². The van der Waals surface area contributed by atoms with Gasteiger partial charge >= 0.3 is 0 Å². The van der Waals surface area contributed by atoms with Crippen LogP contribution in [0.1, 0.15) is 13.8 Å². The highest BCUT2D eigenvalue weighted by Gasteiger charge is 2.05. The van der Waals surface area contributed by atoms with Crippen LogP contribution < -0.4 is 14.2 Å². The molecule has 1 aromatic carbocycles. The van der Waals surface area contributed by atoms with Crippen molar-refractivity contribution >= 4 is 0 Å². The molecule has 0 aliphatic carbocycles. The number of methoxy groups -OCH3 is 2. The number of benzene rings is 1. The second kappa shape index (κ2) is 4.74. The third-order valence-corrected chi connectivity index (χ3v) is 1.73. The molecule has 0 heterocycles. The molecule has 3 heteroatoms. The lowest BCUT2D eigenvalue weighted by molar-refractivity contribution is 0.240.